The van der Waals surface area contributed by atoms with E-state index in [1.165, 1.54) is 23.9 Å². The third-order valence-corrected chi connectivity index (χ3v) is 4.34. The molecule has 0 aliphatic rings. The summed E-state index contributed by atoms with van der Waals surface area (Å²) >= 11 is 1.25. The fourth-order valence-corrected chi connectivity index (χ4v) is 2.90. The molecule has 2 aromatic carbocycles. The van der Waals surface area contributed by atoms with E-state index in [0.29, 0.717) is 28.3 Å². The molecule has 0 aliphatic carbocycles. The molecule has 2 aromatic heterocycles. The number of halogens is 2. The van der Waals surface area contributed by atoms with Crippen LogP contribution in [0.5, 0.6) is 5.75 Å². The van der Waals surface area contributed by atoms with Gasteiger partial charge in [0.2, 0.25) is 17.7 Å². The van der Waals surface area contributed by atoms with Crippen molar-refractivity contribution >= 4 is 11.8 Å². The van der Waals surface area contributed by atoms with E-state index < -0.39 is 6.61 Å². The van der Waals surface area contributed by atoms with Gasteiger partial charge in [-0.25, -0.2) is 0 Å². The largest absolute Gasteiger partial charge is 0.435 e. The van der Waals surface area contributed by atoms with Crippen molar-refractivity contribution in [2.75, 3.05) is 0 Å². The summed E-state index contributed by atoms with van der Waals surface area (Å²) in [6.45, 7) is -2.87. The molecule has 0 N–H and O–H groups in total. The van der Waals surface area contributed by atoms with Crippen LogP contribution in [0.2, 0.25) is 0 Å². The molecule has 10 heteroatoms. The predicted octanol–water partition coefficient (Wildman–Crippen LogP) is 4.68. The van der Waals surface area contributed by atoms with Crippen molar-refractivity contribution in [1.82, 2.24) is 20.4 Å². The Balaban J connectivity index is 1.38. The van der Waals surface area contributed by atoms with Gasteiger partial charge in [-0.15, -0.1) is 20.4 Å². The Hall–Kier alpha value is -3.27. The van der Waals surface area contributed by atoms with Gasteiger partial charge in [-0.3, -0.25) is 0 Å². The SMILES string of the molecule is FC(F)Oc1ccc(-c2nnc(SCc3nnc(-c4ccccc4)o3)o2)cc1. The van der Waals surface area contributed by atoms with Gasteiger partial charge in [0.1, 0.15) is 5.75 Å². The molecule has 2 heterocycles. The van der Waals surface area contributed by atoms with E-state index in [0.717, 1.165) is 5.56 Å². The van der Waals surface area contributed by atoms with Gasteiger partial charge in [-0.2, -0.15) is 8.78 Å². The number of rotatable bonds is 7. The van der Waals surface area contributed by atoms with E-state index in [1.807, 2.05) is 30.3 Å². The average Bonchev–Trinajstić information content (AvgIpc) is 3.37. The van der Waals surface area contributed by atoms with Crippen LogP contribution in [0.25, 0.3) is 22.9 Å². The zero-order valence-electron chi connectivity index (χ0n) is 14.2. The molecule has 0 saturated carbocycles. The molecule has 7 nitrogen and oxygen atoms in total. The van der Waals surface area contributed by atoms with E-state index in [1.54, 1.807) is 12.1 Å². The molecular formula is C18H12F2N4O3S. The van der Waals surface area contributed by atoms with Crippen LogP contribution in [0.3, 0.4) is 0 Å². The highest BCUT2D eigenvalue weighted by Gasteiger charge is 2.13. The molecule has 0 unspecified atom stereocenters. The van der Waals surface area contributed by atoms with Gasteiger partial charge in [0.05, 0.1) is 5.75 Å². The molecule has 0 bridgehead atoms. The molecule has 28 heavy (non-hydrogen) atoms. The van der Waals surface area contributed by atoms with Crippen LogP contribution < -0.4 is 4.74 Å². The number of benzene rings is 2. The molecule has 0 radical (unpaired) electrons. The Kier molecular flexibility index (Phi) is 5.29. The van der Waals surface area contributed by atoms with Crippen LogP contribution in [0.15, 0.2) is 68.7 Å². The summed E-state index contributed by atoms with van der Waals surface area (Å²) in [5.41, 5.74) is 1.43. The summed E-state index contributed by atoms with van der Waals surface area (Å²) in [6.07, 6.45) is 0. The first-order valence-corrected chi connectivity index (χ1v) is 9.05. The van der Waals surface area contributed by atoms with Crippen LogP contribution >= 0.6 is 11.8 Å². The maximum absolute atomic E-state index is 12.2. The summed E-state index contributed by atoms with van der Waals surface area (Å²) in [5.74, 6) is 1.55. The minimum Gasteiger partial charge on any atom is -0.435 e. The Labute approximate surface area is 161 Å². The van der Waals surface area contributed by atoms with Crippen molar-refractivity contribution in [1.29, 1.82) is 0 Å². The Morgan fingerprint density at radius 2 is 1.50 bits per heavy atom. The van der Waals surface area contributed by atoms with Crippen molar-refractivity contribution in [2.45, 2.75) is 17.6 Å². The third-order valence-electron chi connectivity index (χ3n) is 3.54. The molecule has 0 atom stereocenters. The fourth-order valence-electron chi connectivity index (χ4n) is 2.30. The zero-order valence-corrected chi connectivity index (χ0v) is 15.0. The first-order chi connectivity index (χ1) is 13.7. The molecular weight excluding hydrogens is 390 g/mol. The first-order valence-electron chi connectivity index (χ1n) is 8.07. The standard InChI is InChI=1S/C18H12F2N4O3S/c19-17(20)25-13-8-6-12(7-9-13)16-23-24-18(27-16)28-10-14-21-22-15(26-14)11-4-2-1-3-5-11/h1-9,17H,10H2. The summed E-state index contributed by atoms with van der Waals surface area (Å²) < 4.78 is 39.9. The second-order valence-electron chi connectivity index (χ2n) is 5.43. The summed E-state index contributed by atoms with van der Waals surface area (Å²) in [7, 11) is 0. The van der Waals surface area contributed by atoms with Crippen LogP contribution in [0, 0.1) is 0 Å². The molecule has 142 valence electrons. The Morgan fingerprint density at radius 3 is 2.25 bits per heavy atom. The van der Waals surface area contributed by atoms with Gasteiger partial charge >= 0.3 is 6.61 Å². The van der Waals surface area contributed by atoms with Gasteiger partial charge in [0, 0.05) is 11.1 Å². The maximum atomic E-state index is 12.2. The predicted molar refractivity (Wildman–Crippen MR) is 95.7 cm³/mol. The maximum Gasteiger partial charge on any atom is 0.387 e. The van der Waals surface area contributed by atoms with Crippen molar-refractivity contribution in [3.05, 3.63) is 60.5 Å². The van der Waals surface area contributed by atoms with E-state index in [-0.39, 0.29) is 11.6 Å². The van der Waals surface area contributed by atoms with Crippen molar-refractivity contribution in [2.24, 2.45) is 0 Å². The number of aromatic nitrogens is 4. The van der Waals surface area contributed by atoms with Crippen molar-refractivity contribution < 1.29 is 22.4 Å². The van der Waals surface area contributed by atoms with Gasteiger partial charge in [0.25, 0.3) is 5.22 Å². The smallest absolute Gasteiger partial charge is 0.387 e. The summed E-state index contributed by atoms with van der Waals surface area (Å²) in [5, 5.41) is 16.2. The lowest BCUT2D eigenvalue weighted by molar-refractivity contribution is -0.0498. The number of alkyl halides is 2. The van der Waals surface area contributed by atoms with E-state index in [9.17, 15) is 8.78 Å². The Morgan fingerprint density at radius 1 is 0.821 bits per heavy atom. The van der Waals surface area contributed by atoms with E-state index >= 15 is 0 Å². The zero-order chi connectivity index (χ0) is 19.3. The van der Waals surface area contributed by atoms with E-state index in [2.05, 4.69) is 25.1 Å². The highest BCUT2D eigenvalue weighted by Crippen LogP contribution is 2.27. The second kappa shape index (κ2) is 8.17. The molecule has 4 aromatic rings. The van der Waals surface area contributed by atoms with Crippen LogP contribution in [-0.4, -0.2) is 27.0 Å². The third kappa shape index (κ3) is 4.34. The minimum atomic E-state index is -2.87. The monoisotopic (exact) mass is 402 g/mol. The number of thioether (sulfide) groups is 1. The average molecular weight is 402 g/mol. The molecule has 0 saturated heterocycles. The van der Waals surface area contributed by atoms with Crippen LogP contribution in [0.4, 0.5) is 8.78 Å². The number of ether oxygens (including phenoxy) is 1. The lowest BCUT2D eigenvalue weighted by Gasteiger charge is -2.03. The lowest BCUT2D eigenvalue weighted by Crippen LogP contribution is -2.01. The quantitative estimate of drug-likeness (QED) is 0.412. The highest BCUT2D eigenvalue weighted by atomic mass is 32.2. The molecule has 4 rings (SSSR count). The van der Waals surface area contributed by atoms with Gasteiger partial charge in [0.15, 0.2) is 0 Å². The Bertz CT molecular complexity index is 1040. The van der Waals surface area contributed by atoms with Gasteiger partial charge in [-0.1, -0.05) is 30.0 Å². The first kappa shape index (κ1) is 18.1. The molecule has 0 aliphatic heterocycles. The van der Waals surface area contributed by atoms with E-state index in [4.69, 9.17) is 8.83 Å². The topological polar surface area (TPSA) is 87.1 Å². The van der Waals surface area contributed by atoms with Gasteiger partial charge in [-0.05, 0) is 36.4 Å². The number of nitrogens with zero attached hydrogens (tertiary/aromatic N) is 4. The summed E-state index contributed by atoms with van der Waals surface area (Å²) in [6, 6.07) is 15.4. The summed E-state index contributed by atoms with van der Waals surface area (Å²) in [4.78, 5) is 0. The van der Waals surface area contributed by atoms with Crippen LogP contribution in [0.1, 0.15) is 5.89 Å². The minimum absolute atomic E-state index is 0.0541. The second-order valence-corrected chi connectivity index (χ2v) is 6.36. The lowest BCUT2D eigenvalue weighted by atomic mass is 10.2. The highest BCUT2D eigenvalue weighted by molar-refractivity contribution is 7.98. The normalized spacial score (nSPS) is 11.1. The molecule has 0 fully saturated rings. The van der Waals surface area contributed by atoms with Crippen LogP contribution in [-0.2, 0) is 5.75 Å². The van der Waals surface area contributed by atoms with Crippen molar-refractivity contribution in [3.8, 4) is 28.7 Å². The molecule has 0 spiro atoms. The van der Waals surface area contributed by atoms with Gasteiger partial charge < -0.3 is 13.6 Å². The number of hydrogen-bond acceptors (Lipinski definition) is 8. The molecule has 0 amide bonds. The fraction of sp³-hybridized carbons (Fsp3) is 0.111. The van der Waals surface area contributed by atoms with Crippen molar-refractivity contribution in [3.63, 3.8) is 0 Å². The number of hydrogen-bond donors (Lipinski definition) is 0.